The molecule has 2 nitrogen and oxygen atoms in total. The molecule has 54 valence electrons. The van der Waals surface area contributed by atoms with Crippen LogP contribution >= 0.6 is 0 Å². The van der Waals surface area contributed by atoms with Crippen molar-refractivity contribution in [3.8, 4) is 0 Å². The number of nitrogens with zero attached hydrogens (tertiary/aromatic N) is 1. The summed E-state index contributed by atoms with van der Waals surface area (Å²) in [5, 5.41) is 0. The van der Waals surface area contributed by atoms with Crippen LogP contribution < -0.4 is 0 Å². The lowest BCUT2D eigenvalue weighted by Gasteiger charge is -2.01. The van der Waals surface area contributed by atoms with Crippen LogP contribution in [0.4, 0.5) is 5.69 Å². The molecule has 0 amide bonds. The molecule has 0 bridgehead atoms. The van der Waals surface area contributed by atoms with Gasteiger partial charge >= 0.3 is 0 Å². The summed E-state index contributed by atoms with van der Waals surface area (Å²) in [6.45, 7) is 6.76. The SMILES string of the molecule is [C-]#[N+]c1ccccc1C[C-]=O. The Labute approximate surface area is 65.3 Å². The molecular weight excluding hydrogens is 138 g/mol. The van der Waals surface area contributed by atoms with Crippen molar-refractivity contribution >= 4 is 12.0 Å². The van der Waals surface area contributed by atoms with Gasteiger partial charge in [-0.3, -0.25) is 6.29 Å². The van der Waals surface area contributed by atoms with Crippen LogP contribution in [0.5, 0.6) is 0 Å². The van der Waals surface area contributed by atoms with Gasteiger partial charge in [-0.25, -0.2) is 4.85 Å². The normalized spacial score (nSPS) is 8.64. The summed E-state index contributed by atoms with van der Waals surface area (Å²) < 4.78 is 0. The lowest BCUT2D eigenvalue weighted by atomic mass is 10.1. The van der Waals surface area contributed by atoms with Crippen LogP contribution in [0.1, 0.15) is 5.56 Å². The fourth-order valence-corrected chi connectivity index (χ4v) is 0.847. The van der Waals surface area contributed by atoms with Crippen molar-refractivity contribution in [2.45, 2.75) is 6.42 Å². The fourth-order valence-electron chi connectivity index (χ4n) is 0.847. The highest BCUT2D eigenvalue weighted by atomic mass is 16.1. The molecule has 0 saturated heterocycles. The van der Waals surface area contributed by atoms with Crippen LogP contribution in [-0.4, -0.2) is 6.29 Å². The van der Waals surface area contributed by atoms with Gasteiger partial charge in [-0.1, -0.05) is 29.8 Å². The minimum absolute atomic E-state index is 0.207. The van der Waals surface area contributed by atoms with Crippen molar-refractivity contribution in [2.75, 3.05) is 0 Å². The Morgan fingerprint density at radius 2 is 2.18 bits per heavy atom. The molecule has 0 saturated carbocycles. The molecule has 11 heavy (non-hydrogen) atoms. The summed E-state index contributed by atoms with van der Waals surface area (Å²) in [5.41, 5.74) is 1.29. The van der Waals surface area contributed by atoms with Crippen LogP contribution in [-0.2, 0) is 11.2 Å². The monoisotopic (exact) mass is 144 g/mol. The second-order valence-corrected chi connectivity index (χ2v) is 2.06. The standard InChI is InChI=1S/C9H6NO/c1-10-9-5-3-2-4-8(9)6-7-11/h2-5H,6H2/q-1. The summed E-state index contributed by atoms with van der Waals surface area (Å²) in [5.74, 6) is 0. The van der Waals surface area contributed by atoms with E-state index in [1.807, 2.05) is 0 Å². The van der Waals surface area contributed by atoms with E-state index in [2.05, 4.69) is 4.85 Å². The summed E-state index contributed by atoms with van der Waals surface area (Å²) in [4.78, 5) is 13.3. The van der Waals surface area contributed by atoms with Crippen molar-refractivity contribution in [2.24, 2.45) is 0 Å². The van der Waals surface area contributed by atoms with Crippen LogP contribution in [0, 0.1) is 6.57 Å². The zero-order chi connectivity index (χ0) is 8.10. The van der Waals surface area contributed by atoms with E-state index in [0.29, 0.717) is 5.69 Å². The number of hydrogen-bond acceptors (Lipinski definition) is 1. The van der Waals surface area contributed by atoms with Crippen LogP contribution in [0.2, 0.25) is 0 Å². The van der Waals surface area contributed by atoms with Gasteiger partial charge in [-0.2, -0.15) is 0 Å². The molecule has 0 fully saturated rings. The molecule has 0 N–H and O–H groups in total. The molecule has 0 radical (unpaired) electrons. The summed E-state index contributed by atoms with van der Waals surface area (Å²) in [6.07, 6.45) is 1.97. The first kappa shape index (κ1) is 7.49. The van der Waals surface area contributed by atoms with Gasteiger partial charge < -0.3 is 4.79 Å². The van der Waals surface area contributed by atoms with Gasteiger partial charge in [0.1, 0.15) is 0 Å². The minimum atomic E-state index is 0.207. The molecule has 0 unspecified atom stereocenters. The molecule has 0 heterocycles. The number of carbonyl (C=O) groups excluding carboxylic acids is 1. The maximum atomic E-state index is 10.0. The summed E-state index contributed by atoms with van der Waals surface area (Å²) >= 11 is 0. The third kappa shape index (κ3) is 1.65. The second-order valence-electron chi connectivity index (χ2n) is 2.06. The first-order valence-corrected chi connectivity index (χ1v) is 3.19. The molecule has 2 heteroatoms. The maximum Gasteiger partial charge on any atom is 0.188 e. The average molecular weight is 144 g/mol. The van der Waals surface area contributed by atoms with Gasteiger partial charge in [-0.05, 0) is 0 Å². The van der Waals surface area contributed by atoms with E-state index in [0.717, 1.165) is 5.56 Å². The predicted molar refractivity (Wildman–Crippen MR) is 42.1 cm³/mol. The van der Waals surface area contributed by atoms with E-state index < -0.39 is 0 Å². The van der Waals surface area contributed by atoms with E-state index in [1.54, 1.807) is 30.6 Å². The smallest absolute Gasteiger partial charge is 0.188 e. The molecule has 1 aromatic carbocycles. The van der Waals surface area contributed by atoms with E-state index in [-0.39, 0.29) is 6.42 Å². The van der Waals surface area contributed by atoms with E-state index in [1.165, 1.54) is 0 Å². The van der Waals surface area contributed by atoms with Crippen molar-refractivity contribution < 1.29 is 4.79 Å². The Morgan fingerprint density at radius 1 is 1.45 bits per heavy atom. The van der Waals surface area contributed by atoms with Crippen LogP contribution in [0.15, 0.2) is 24.3 Å². The molecule has 0 aliphatic heterocycles. The Hall–Kier alpha value is -1.62. The molecule has 0 atom stereocenters. The molecule has 1 rings (SSSR count). The Bertz CT molecular complexity index is 299. The largest absolute Gasteiger partial charge is 0.542 e. The molecule has 1 aromatic rings. The number of rotatable bonds is 2. The quantitative estimate of drug-likeness (QED) is 0.581. The maximum absolute atomic E-state index is 10.0. The highest BCUT2D eigenvalue weighted by molar-refractivity contribution is 5.63. The van der Waals surface area contributed by atoms with Gasteiger partial charge in [0.25, 0.3) is 0 Å². The highest BCUT2D eigenvalue weighted by Crippen LogP contribution is 2.17. The first-order valence-electron chi connectivity index (χ1n) is 3.19. The number of para-hydroxylation sites is 1. The third-order valence-corrected chi connectivity index (χ3v) is 1.37. The molecule has 0 spiro atoms. The predicted octanol–water partition coefficient (Wildman–Crippen LogP) is 1.89. The van der Waals surface area contributed by atoms with Crippen molar-refractivity contribution in [1.82, 2.24) is 0 Å². The van der Waals surface area contributed by atoms with E-state index >= 15 is 0 Å². The van der Waals surface area contributed by atoms with Crippen molar-refractivity contribution in [3.05, 3.63) is 41.2 Å². The molecule has 0 aliphatic rings. The first-order chi connectivity index (χ1) is 5.38. The number of hydrogen-bond donors (Lipinski definition) is 0. The Kier molecular flexibility index (Phi) is 2.40. The van der Waals surface area contributed by atoms with Gasteiger partial charge in [0.05, 0.1) is 6.57 Å². The van der Waals surface area contributed by atoms with Crippen LogP contribution in [0.25, 0.3) is 4.85 Å². The second kappa shape index (κ2) is 3.52. The Morgan fingerprint density at radius 3 is 2.82 bits per heavy atom. The van der Waals surface area contributed by atoms with E-state index in [9.17, 15) is 4.79 Å². The van der Waals surface area contributed by atoms with Gasteiger partial charge in [0.2, 0.25) is 0 Å². The minimum Gasteiger partial charge on any atom is -0.542 e. The zero-order valence-electron chi connectivity index (χ0n) is 5.87. The average Bonchev–Trinajstić information content (AvgIpc) is 2.06. The topological polar surface area (TPSA) is 21.4 Å². The summed E-state index contributed by atoms with van der Waals surface area (Å²) in [6, 6.07) is 7.04. The molecule has 0 aliphatic carbocycles. The van der Waals surface area contributed by atoms with E-state index in [4.69, 9.17) is 6.57 Å². The number of benzene rings is 1. The van der Waals surface area contributed by atoms with Crippen molar-refractivity contribution in [3.63, 3.8) is 0 Å². The fraction of sp³-hybridized carbons (Fsp3) is 0.111. The Balaban J connectivity index is 3.04. The van der Waals surface area contributed by atoms with Gasteiger partial charge in [0, 0.05) is 0 Å². The van der Waals surface area contributed by atoms with Crippen molar-refractivity contribution in [1.29, 1.82) is 0 Å². The molecular formula is C9H6NO-. The highest BCUT2D eigenvalue weighted by Gasteiger charge is 1.93. The third-order valence-electron chi connectivity index (χ3n) is 1.37. The van der Waals surface area contributed by atoms with Gasteiger partial charge in [-0.15, -0.1) is 6.42 Å². The van der Waals surface area contributed by atoms with Gasteiger partial charge in [0.15, 0.2) is 5.69 Å². The van der Waals surface area contributed by atoms with Crippen LogP contribution in [0.3, 0.4) is 0 Å². The molecule has 0 aromatic heterocycles. The zero-order valence-corrected chi connectivity index (χ0v) is 5.87. The lowest BCUT2D eigenvalue weighted by Crippen LogP contribution is -1.83. The lowest BCUT2D eigenvalue weighted by molar-refractivity contribution is 0.555. The summed E-state index contributed by atoms with van der Waals surface area (Å²) in [7, 11) is 0.